The predicted molar refractivity (Wildman–Crippen MR) is 73.3 cm³/mol. The monoisotopic (exact) mass is 222 g/mol. The molecule has 3 rings (SSSR count). The average Bonchev–Trinajstić information content (AvgIpc) is 2.40. The molecule has 0 saturated heterocycles. The van der Waals surface area contributed by atoms with E-state index in [1.54, 1.807) is 11.1 Å². The first kappa shape index (κ1) is 10.6. The van der Waals surface area contributed by atoms with Crippen LogP contribution in [0, 0.1) is 6.92 Å². The van der Waals surface area contributed by atoms with Crippen LogP contribution < -0.4 is 0 Å². The fraction of sp³-hybridized carbons (Fsp3) is 0.294. The van der Waals surface area contributed by atoms with Crippen molar-refractivity contribution in [2.75, 3.05) is 0 Å². The summed E-state index contributed by atoms with van der Waals surface area (Å²) >= 11 is 0. The first-order valence-electron chi connectivity index (χ1n) is 6.53. The molecule has 2 aromatic rings. The number of fused-ring (bicyclic) bond motifs is 1. The van der Waals surface area contributed by atoms with Crippen molar-refractivity contribution in [3.05, 3.63) is 59.2 Å². The lowest BCUT2D eigenvalue weighted by Crippen LogP contribution is -2.05. The second-order valence-corrected chi connectivity index (χ2v) is 4.95. The van der Waals surface area contributed by atoms with Crippen molar-refractivity contribution in [3.63, 3.8) is 0 Å². The Morgan fingerprint density at radius 1 is 0.824 bits per heavy atom. The van der Waals surface area contributed by atoms with Crippen LogP contribution in [0.15, 0.2) is 42.5 Å². The van der Waals surface area contributed by atoms with Gasteiger partial charge in [0, 0.05) is 0 Å². The second kappa shape index (κ2) is 4.37. The highest BCUT2D eigenvalue weighted by molar-refractivity contribution is 5.69. The van der Waals surface area contributed by atoms with Crippen LogP contribution in [-0.4, -0.2) is 0 Å². The van der Waals surface area contributed by atoms with E-state index in [4.69, 9.17) is 0 Å². The summed E-state index contributed by atoms with van der Waals surface area (Å²) in [5, 5.41) is 0. The van der Waals surface area contributed by atoms with Crippen molar-refractivity contribution in [1.29, 1.82) is 0 Å². The van der Waals surface area contributed by atoms with Crippen LogP contribution in [0.2, 0.25) is 0 Å². The van der Waals surface area contributed by atoms with Crippen molar-refractivity contribution in [3.8, 4) is 11.1 Å². The van der Waals surface area contributed by atoms with E-state index in [-0.39, 0.29) is 0 Å². The Bertz CT molecular complexity index is 523. The molecule has 0 atom stereocenters. The second-order valence-electron chi connectivity index (χ2n) is 4.95. The Kier molecular flexibility index (Phi) is 2.72. The minimum Gasteiger partial charge on any atom is -0.0622 e. The van der Waals surface area contributed by atoms with Gasteiger partial charge in [-0.15, -0.1) is 0 Å². The van der Waals surface area contributed by atoms with Crippen molar-refractivity contribution in [1.82, 2.24) is 0 Å². The molecule has 2 aromatic carbocycles. The van der Waals surface area contributed by atoms with Gasteiger partial charge in [0.2, 0.25) is 0 Å². The summed E-state index contributed by atoms with van der Waals surface area (Å²) in [7, 11) is 0. The summed E-state index contributed by atoms with van der Waals surface area (Å²) in [6.45, 7) is 2.28. The molecule has 1 aliphatic rings. The van der Waals surface area contributed by atoms with Gasteiger partial charge in [-0.05, 0) is 60.4 Å². The van der Waals surface area contributed by atoms with E-state index < -0.39 is 0 Å². The van der Waals surface area contributed by atoms with Gasteiger partial charge in [-0.1, -0.05) is 42.5 Å². The molecule has 0 fully saturated rings. The van der Waals surface area contributed by atoms with Crippen LogP contribution in [0.4, 0.5) is 0 Å². The molecule has 86 valence electrons. The number of aryl methyl sites for hydroxylation is 1. The molecule has 0 N–H and O–H groups in total. The lowest BCUT2D eigenvalue weighted by Gasteiger charge is -2.20. The Labute approximate surface area is 103 Å². The quantitative estimate of drug-likeness (QED) is 0.664. The van der Waals surface area contributed by atoms with Crippen LogP contribution in [-0.2, 0) is 12.8 Å². The van der Waals surface area contributed by atoms with E-state index in [9.17, 15) is 0 Å². The van der Waals surface area contributed by atoms with Crippen LogP contribution in [0.1, 0.15) is 29.5 Å². The molecule has 0 heterocycles. The van der Waals surface area contributed by atoms with Gasteiger partial charge in [-0.2, -0.15) is 0 Å². The van der Waals surface area contributed by atoms with E-state index in [1.807, 2.05) is 0 Å². The highest BCUT2D eigenvalue weighted by Crippen LogP contribution is 2.31. The Hall–Kier alpha value is -1.56. The van der Waals surface area contributed by atoms with E-state index in [0.717, 1.165) is 0 Å². The fourth-order valence-corrected chi connectivity index (χ4v) is 2.94. The SMILES string of the molecule is Cc1c(-c2ccccc2)ccc2c1CCCC2. The molecular weight excluding hydrogens is 204 g/mol. The van der Waals surface area contributed by atoms with Crippen molar-refractivity contribution in [2.45, 2.75) is 32.6 Å². The summed E-state index contributed by atoms with van der Waals surface area (Å²) < 4.78 is 0. The molecule has 0 saturated carbocycles. The van der Waals surface area contributed by atoms with Crippen LogP contribution in [0.3, 0.4) is 0 Å². The van der Waals surface area contributed by atoms with Crippen molar-refractivity contribution < 1.29 is 0 Å². The van der Waals surface area contributed by atoms with Gasteiger partial charge in [0.15, 0.2) is 0 Å². The number of rotatable bonds is 1. The summed E-state index contributed by atoms with van der Waals surface area (Å²) in [5.74, 6) is 0. The largest absolute Gasteiger partial charge is 0.0622 e. The molecule has 0 unspecified atom stereocenters. The molecule has 0 aliphatic heterocycles. The van der Waals surface area contributed by atoms with Gasteiger partial charge in [0.25, 0.3) is 0 Å². The first-order valence-corrected chi connectivity index (χ1v) is 6.53. The molecule has 0 radical (unpaired) electrons. The molecule has 0 nitrogen and oxygen atoms in total. The molecule has 0 spiro atoms. The Morgan fingerprint density at radius 2 is 1.59 bits per heavy atom. The van der Waals surface area contributed by atoms with Crippen LogP contribution in [0.25, 0.3) is 11.1 Å². The van der Waals surface area contributed by atoms with Crippen LogP contribution >= 0.6 is 0 Å². The number of hydrogen-bond acceptors (Lipinski definition) is 0. The number of hydrogen-bond donors (Lipinski definition) is 0. The topological polar surface area (TPSA) is 0 Å². The molecule has 17 heavy (non-hydrogen) atoms. The minimum absolute atomic E-state index is 1.27. The van der Waals surface area contributed by atoms with Gasteiger partial charge in [-0.3, -0.25) is 0 Å². The lowest BCUT2D eigenvalue weighted by molar-refractivity contribution is 0.682. The Morgan fingerprint density at radius 3 is 2.41 bits per heavy atom. The normalized spacial score (nSPS) is 14.4. The van der Waals surface area contributed by atoms with E-state index in [1.165, 1.54) is 42.4 Å². The maximum absolute atomic E-state index is 2.34. The van der Waals surface area contributed by atoms with Gasteiger partial charge in [0.05, 0.1) is 0 Å². The van der Waals surface area contributed by atoms with Gasteiger partial charge in [-0.25, -0.2) is 0 Å². The van der Waals surface area contributed by atoms with Gasteiger partial charge in [0.1, 0.15) is 0 Å². The van der Waals surface area contributed by atoms with Gasteiger partial charge >= 0.3 is 0 Å². The van der Waals surface area contributed by atoms with E-state index >= 15 is 0 Å². The molecule has 0 bridgehead atoms. The van der Waals surface area contributed by atoms with E-state index in [0.29, 0.717) is 0 Å². The molecular formula is C17H18. The molecule has 0 aromatic heterocycles. The number of benzene rings is 2. The maximum Gasteiger partial charge on any atom is -0.0152 e. The first-order chi connectivity index (χ1) is 8.36. The zero-order valence-corrected chi connectivity index (χ0v) is 10.4. The summed E-state index contributed by atoms with van der Waals surface area (Å²) in [6, 6.07) is 15.4. The maximum atomic E-state index is 2.34. The van der Waals surface area contributed by atoms with Gasteiger partial charge < -0.3 is 0 Å². The summed E-state index contributed by atoms with van der Waals surface area (Å²) in [4.78, 5) is 0. The molecule has 0 heteroatoms. The minimum atomic E-state index is 1.27. The smallest absolute Gasteiger partial charge is 0.0152 e. The van der Waals surface area contributed by atoms with Crippen LogP contribution in [0.5, 0.6) is 0 Å². The average molecular weight is 222 g/mol. The molecule has 0 amide bonds. The third-order valence-corrected chi connectivity index (χ3v) is 3.90. The van der Waals surface area contributed by atoms with E-state index in [2.05, 4.69) is 49.4 Å². The highest BCUT2D eigenvalue weighted by Gasteiger charge is 2.14. The third-order valence-electron chi connectivity index (χ3n) is 3.90. The predicted octanol–water partition coefficient (Wildman–Crippen LogP) is 4.54. The summed E-state index contributed by atoms with van der Waals surface area (Å²) in [6.07, 6.45) is 5.25. The van der Waals surface area contributed by atoms with Crippen molar-refractivity contribution >= 4 is 0 Å². The molecule has 1 aliphatic carbocycles. The third kappa shape index (κ3) is 1.88. The lowest BCUT2D eigenvalue weighted by atomic mass is 9.85. The zero-order chi connectivity index (χ0) is 11.7. The zero-order valence-electron chi connectivity index (χ0n) is 10.4. The standard InChI is InChI=1S/C17H18/c1-13-16-10-6-5-9-15(16)11-12-17(13)14-7-3-2-4-8-14/h2-4,7-8,11-12H,5-6,9-10H2,1H3. The Balaban J connectivity index is 2.13. The highest BCUT2D eigenvalue weighted by atomic mass is 14.2. The fourth-order valence-electron chi connectivity index (χ4n) is 2.94. The van der Waals surface area contributed by atoms with Crippen molar-refractivity contribution in [2.24, 2.45) is 0 Å². The summed E-state index contributed by atoms with van der Waals surface area (Å²) in [5.41, 5.74) is 7.43.